The number of amides is 2. The molecule has 3 aliphatic heterocycles. The van der Waals surface area contributed by atoms with Crippen LogP contribution >= 0.6 is 0 Å². The molecule has 0 radical (unpaired) electrons. The summed E-state index contributed by atoms with van der Waals surface area (Å²) in [7, 11) is 1.90. The van der Waals surface area contributed by atoms with Gasteiger partial charge in [-0.1, -0.05) is 43.2 Å². The fraction of sp³-hybridized carbons (Fsp3) is 0.593. The summed E-state index contributed by atoms with van der Waals surface area (Å²) in [6.07, 6.45) is 8.43. The highest BCUT2D eigenvalue weighted by molar-refractivity contribution is 5.75. The number of nitrogens with zero attached hydrogens (tertiary/aromatic N) is 6. The van der Waals surface area contributed by atoms with E-state index in [1.54, 1.807) is 4.68 Å². The highest BCUT2D eigenvalue weighted by Gasteiger charge is 2.56. The third-order valence-corrected chi connectivity index (χ3v) is 8.94. The molecular weight excluding hydrogens is 454 g/mol. The van der Waals surface area contributed by atoms with E-state index in [-0.39, 0.29) is 17.5 Å². The number of urea groups is 1. The summed E-state index contributed by atoms with van der Waals surface area (Å²) in [6, 6.07) is 10.5. The Labute approximate surface area is 212 Å². The Hall–Kier alpha value is -2.91. The second-order valence-electron chi connectivity index (χ2n) is 11.1. The van der Waals surface area contributed by atoms with Crippen LogP contribution in [0, 0.1) is 5.41 Å². The molecule has 36 heavy (non-hydrogen) atoms. The van der Waals surface area contributed by atoms with E-state index in [9.17, 15) is 9.90 Å². The van der Waals surface area contributed by atoms with Crippen LogP contribution in [0.25, 0.3) is 0 Å². The van der Waals surface area contributed by atoms with E-state index in [0.717, 1.165) is 50.2 Å². The van der Waals surface area contributed by atoms with Gasteiger partial charge in [-0.05, 0) is 24.8 Å². The van der Waals surface area contributed by atoms with Crippen LogP contribution in [-0.4, -0.2) is 86.8 Å². The summed E-state index contributed by atoms with van der Waals surface area (Å²) in [5, 5.41) is 20.0. The van der Waals surface area contributed by atoms with Crippen LogP contribution in [0.1, 0.15) is 49.3 Å². The van der Waals surface area contributed by atoms with E-state index in [4.69, 9.17) is 0 Å². The second kappa shape index (κ2) is 9.19. The van der Waals surface area contributed by atoms with Gasteiger partial charge < -0.3 is 25.1 Å². The van der Waals surface area contributed by atoms with Crippen LogP contribution in [0.4, 0.5) is 10.6 Å². The van der Waals surface area contributed by atoms with Crippen molar-refractivity contribution < 1.29 is 9.90 Å². The summed E-state index contributed by atoms with van der Waals surface area (Å²) in [5.41, 5.74) is 1.12. The van der Waals surface area contributed by atoms with Crippen molar-refractivity contribution in [1.29, 1.82) is 0 Å². The van der Waals surface area contributed by atoms with Crippen molar-refractivity contribution in [3.8, 4) is 0 Å². The van der Waals surface area contributed by atoms with Crippen molar-refractivity contribution in [1.82, 2.24) is 29.8 Å². The number of carbonyl (C=O) groups excluding carboxylic acids is 1. The molecule has 9 heteroatoms. The minimum atomic E-state index is -0.853. The summed E-state index contributed by atoms with van der Waals surface area (Å²) in [4.78, 5) is 24.7. The minimum Gasteiger partial charge on any atom is -0.387 e. The third kappa shape index (κ3) is 3.98. The number of aromatic nitrogens is 2. The number of piperidine rings is 1. The van der Waals surface area contributed by atoms with E-state index in [0.29, 0.717) is 39.1 Å². The number of benzene rings is 1. The zero-order valence-electron chi connectivity index (χ0n) is 21.1. The lowest BCUT2D eigenvalue weighted by atomic mass is 9.65. The molecule has 192 valence electrons. The van der Waals surface area contributed by atoms with Gasteiger partial charge in [0.1, 0.15) is 0 Å². The average molecular weight is 492 g/mol. The molecular formula is C27H37N7O2. The van der Waals surface area contributed by atoms with Crippen molar-refractivity contribution in [3.63, 3.8) is 0 Å². The molecule has 1 spiro atoms. The molecule has 2 N–H and O–H groups in total. The van der Waals surface area contributed by atoms with Crippen LogP contribution in [0.2, 0.25) is 0 Å². The van der Waals surface area contributed by atoms with Gasteiger partial charge in [-0.15, -0.1) is 0 Å². The number of fused-ring (bicyclic) bond motifs is 1. The molecule has 2 aromatic rings. The van der Waals surface area contributed by atoms with Crippen LogP contribution in [-0.2, 0) is 13.6 Å². The van der Waals surface area contributed by atoms with Gasteiger partial charge in [0, 0.05) is 63.8 Å². The molecule has 9 nitrogen and oxygen atoms in total. The Kier molecular flexibility index (Phi) is 6.00. The van der Waals surface area contributed by atoms with E-state index in [1.165, 1.54) is 5.56 Å². The van der Waals surface area contributed by atoms with Crippen molar-refractivity contribution in [2.45, 2.75) is 50.3 Å². The normalized spacial score (nSPS) is 27.5. The smallest absolute Gasteiger partial charge is 0.320 e. The number of nitrogens with one attached hydrogen (secondary N) is 1. The number of likely N-dealkylation sites (tertiary alicyclic amines) is 1. The van der Waals surface area contributed by atoms with E-state index >= 15 is 0 Å². The van der Waals surface area contributed by atoms with Gasteiger partial charge in [0.05, 0.1) is 24.2 Å². The van der Waals surface area contributed by atoms with Crippen LogP contribution in [0.3, 0.4) is 0 Å². The Morgan fingerprint density at radius 2 is 1.97 bits per heavy atom. The number of piperazine rings is 1. The number of hydrogen-bond acceptors (Lipinski definition) is 6. The minimum absolute atomic E-state index is 0.0334. The maximum Gasteiger partial charge on any atom is 0.320 e. The first kappa shape index (κ1) is 23.5. The second-order valence-corrected chi connectivity index (χ2v) is 11.1. The van der Waals surface area contributed by atoms with Gasteiger partial charge in [0.15, 0.2) is 5.82 Å². The maximum absolute atomic E-state index is 13.9. The van der Waals surface area contributed by atoms with E-state index in [2.05, 4.69) is 32.4 Å². The Bertz CT molecular complexity index is 1130. The van der Waals surface area contributed by atoms with Gasteiger partial charge in [0.25, 0.3) is 0 Å². The highest BCUT2D eigenvalue weighted by atomic mass is 16.3. The molecule has 1 aromatic carbocycles. The summed E-state index contributed by atoms with van der Waals surface area (Å²) in [6.45, 7) is 4.71. The molecule has 2 amide bonds. The van der Waals surface area contributed by atoms with Crippen LogP contribution in [0.5, 0.6) is 0 Å². The highest BCUT2D eigenvalue weighted by Crippen LogP contribution is 2.51. The summed E-state index contributed by atoms with van der Waals surface area (Å²) < 4.78 is 1.79. The topological polar surface area (TPSA) is 89.2 Å². The number of rotatable bonds is 3. The first-order valence-corrected chi connectivity index (χ1v) is 13.3. The molecule has 1 unspecified atom stereocenters. The fourth-order valence-corrected chi connectivity index (χ4v) is 6.93. The van der Waals surface area contributed by atoms with Gasteiger partial charge in [0.2, 0.25) is 0 Å². The molecule has 1 saturated carbocycles. The molecule has 2 atom stereocenters. The van der Waals surface area contributed by atoms with Crippen LogP contribution in [0.15, 0.2) is 41.5 Å². The van der Waals surface area contributed by atoms with Crippen molar-refractivity contribution in [2.24, 2.45) is 17.5 Å². The SMILES string of the molecule is Cn1ncc2c1N=CN(CC1(O)CCN(C(=O)N3CCNC[C@H]3c3ccccc3)CC13CCCC3)C2. The first-order chi connectivity index (χ1) is 17.5. The number of hydrogen-bond donors (Lipinski definition) is 2. The Balaban J connectivity index is 1.20. The van der Waals surface area contributed by atoms with Gasteiger partial charge >= 0.3 is 6.03 Å². The monoisotopic (exact) mass is 491 g/mol. The number of aliphatic imine (C=N–C) groups is 1. The lowest BCUT2D eigenvalue weighted by Gasteiger charge is -2.54. The standard InChI is InChI=1S/C27H37N7O2/c1-31-24-22(15-30-31)17-32(20-29-24)19-27(36)11-13-33(18-26(27)9-5-6-10-26)25(35)34-14-12-28-16-23(34)21-7-3-2-4-8-21/h2-4,7-8,15,20,23,28,36H,5-6,9-14,16-19H2,1H3/t23-,27?/m0/s1. The number of β-amino-alcohol motifs (C(OH)–C–C–N with tert-alkyl or cyclic N) is 1. The average Bonchev–Trinajstić information content (AvgIpc) is 3.53. The van der Waals surface area contributed by atoms with Gasteiger partial charge in [-0.3, -0.25) is 4.68 Å². The van der Waals surface area contributed by atoms with E-state index in [1.807, 2.05) is 47.6 Å². The predicted octanol–water partition coefficient (Wildman–Crippen LogP) is 2.66. The first-order valence-electron chi connectivity index (χ1n) is 13.3. The van der Waals surface area contributed by atoms with Gasteiger partial charge in [-0.25, -0.2) is 9.79 Å². The Morgan fingerprint density at radius 1 is 1.17 bits per heavy atom. The molecule has 6 rings (SSSR count). The van der Waals surface area contributed by atoms with Crippen molar-refractivity contribution in [3.05, 3.63) is 47.7 Å². The molecule has 4 aliphatic rings. The zero-order valence-corrected chi connectivity index (χ0v) is 21.1. The van der Waals surface area contributed by atoms with Crippen LogP contribution < -0.4 is 5.32 Å². The maximum atomic E-state index is 13.9. The lowest BCUT2D eigenvalue weighted by molar-refractivity contribution is -0.134. The molecule has 3 fully saturated rings. The van der Waals surface area contributed by atoms with E-state index < -0.39 is 5.60 Å². The zero-order chi connectivity index (χ0) is 24.8. The molecule has 1 aliphatic carbocycles. The van der Waals surface area contributed by atoms with Crippen molar-refractivity contribution in [2.75, 3.05) is 39.3 Å². The number of carbonyl (C=O) groups is 1. The quantitative estimate of drug-likeness (QED) is 0.689. The summed E-state index contributed by atoms with van der Waals surface area (Å²) in [5.74, 6) is 0.887. The largest absolute Gasteiger partial charge is 0.387 e. The predicted molar refractivity (Wildman–Crippen MR) is 138 cm³/mol. The summed E-state index contributed by atoms with van der Waals surface area (Å²) >= 11 is 0. The molecule has 0 bridgehead atoms. The Morgan fingerprint density at radius 3 is 2.78 bits per heavy atom. The van der Waals surface area contributed by atoms with Gasteiger partial charge in [-0.2, -0.15) is 5.10 Å². The number of aliphatic hydroxyl groups is 1. The number of aryl methyl sites for hydroxylation is 1. The third-order valence-electron chi connectivity index (χ3n) is 8.94. The van der Waals surface area contributed by atoms with Crippen molar-refractivity contribution >= 4 is 18.2 Å². The molecule has 2 saturated heterocycles. The molecule has 1 aromatic heterocycles. The fourth-order valence-electron chi connectivity index (χ4n) is 6.93. The molecule has 4 heterocycles. The lowest BCUT2D eigenvalue weighted by Crippen LogP contribution is -2.65.